The lowest BCUT2D eigenvalue weighted by Gasteiger charge is -2.34. The molecule has 1 fully saturated rings. The van der Waals surface area contributed by atoms with Gasteiger partial charge in [-0.2, -0.15) is 0 Å². The van der Waals surface area contributed by atoms with Crippen LogP contribution in [0.1, 0.15) is 26.5 Å². The van der Waals surface area contributed by atoms with Crippen molar-refractivity contribution in [2.24, 2.45) is 0 Å². The number of hydrogen-bond acceptors (Lipinski definition) is 5. The number of amides is 1. The summed E-state index contributed by atoms with van der Waals surface area (Å²) in [5, 5.41) is 0. The smallest absolute Gasteiger partial charge is 0.337 e. The van der Waals surface area contributed by atoms with E-state index in [1.807, 2.05) is 18.2 Å². The molecule has 24 heavy (non-hydrogen) atoms. The number of rotatable bonds is 4. The first-order valence-corrected chi connectivity index (χ1v) is 7.90. The number of methoxy groups -OCH3 is 1. The Balaban J connectivity index is 1.56. The van der Waals surface area contributed by atoms with Gasteiger partial charge >= 0.3 is 5.97 Å². The zero-order valence-electron chi connectivity index (χ0n) is 13.6. The van der Waals surface area contributed by atoms with E-state index in [1.54, 1.807) is 23.1 Å². The predicted octanol–water partition coefficient (Wildman–Crippen LogP) is 2.02. The number of piperazine rings is 1. The third kappa shape index (κ3) is 3.65. The van der Waals surface area contributed by atoms with E-state index in [0.717, 1.165) is 25.2 Å². The number of hydrogen-bond donors (Lipinski definition) is 0. The van der Waals surface area contributed by atoms with Crippen molar-refractivity contribution in [3.05, 3.63) is 59.5 Å². The number of carbonyl (C=O) groups excluding carboxylic acids is 2. The van der Waals surface area contributed by atoms with E-state index < -0.39 is 0 Å². The van der Waals surface area contributed by atoms with Crippen molar-refractivity contribution in [1.82, 2.24) is 9.80 Å². The van der Waals surface area contributed by atoms with Crippen LogP contribution in [-0.4, -0.2) is 55.0 Å². The van der Waals surface area contributed by atoms with Gasteiger partial charge in [0.25, 0.3) is 5.91 Å². The largest absolute Gasteiger partial charge is 0.465 e. The average Bonchev–Trinajstić information content (AvgIpc) is 3.16. The van der Waals surface area contributed by atoms with Gasteiger partial charge in [-0.05, 0) is 29.8 Å². The Hall–Kier alpha value is -2.60. The van der Waals surface area contributed by atoms with Crippen LogP contribution in [0.4, 0.5) is 0 Å². The number of ether oxygens (including phenoxy) is 1. The molecule has 6 nitrogen and oxygen atoms in total. The molecule has 6 heteroatoms. The summed E-state index contributed by atoms with van der Waals surface area (Å²) in [6.45, 7) is 3.64. The van der Waals surface area contributed by atoms with Gasteiger partial charge in [-0.25, -0.2) is 4.79 Å². The second kappa shape index (κ2) is 7.31. The Labute approximate surface area is 140 Å². The van der Waals surface area contributed by atoms with Crippen LogP contribution >= 0.6 is 0 Å². The molecule has 1 aromatic heterocycles. The molecular weight excluding hydrogens is 308 g/mol. The van der Waals surface area contributed by atoms with Gasteiger partial charge in [0.15, 0.2) is 5.76 Å². The third-order valence-electron chi connectivity index (χ3n) is 4.15. The summed E-state index contributed by atoms with van der Waals surface area (Å²) in [4.78, 5) is 27.9. The molecule has 0 aliphatic carbocycles. The van der Waals surface area contributed by atoms with Crippen molar-refractivity contribution in [2.75, 3.05) is 33.3 Å². The summed E-state index contributed by atoms with van der Waals surface area (Å²) in [7, 11) is 1.38. The van der Waals surface area contributed by atoms with Gasteiger partial charge in [0.05, 0.1) is 18.9 Å². The SMILES string of the molecule is COC(=O)c1cccc(CN2CCN(C(=O)c3ccco3)CC2)c1. The molecule has 0 unspecified atom stereocenters. The van der Waals surface area contributed by atoms with Gasteiger partial charge in [0.1, 0.15) is 0 Å². The highest BCUT2D eigenvalue weighted by atomic mass is 16.5. The molecule has 0 radical (unpaired) electrons. The topological polar surface area (TPSA) is 63.0 Å². The van der Waals surface area contributed by atoms with E-state index in [1.165, 1.54) is 13.4 Å². The molecule has 0 bridgehead atoms. The molecule has 1 aliphatic rings. The van der Waals surface area contributed by atoms with E-state index >= 15 is 0 Å². The summed E-state index contributed by atoms with van der Waals surface area (Å²) in [5.74, 6) is -0.00715. The number of esters is 1. The zero-order chi connectivity index (χ0) is 16.9. The average molecular weight is 328 g/mol. The molecule has 0 saturated carbocycles. The van der Waals surface area contributed by atoms with Crippen LogP contribution in [0, 0.1) is 0 Å². The van der Waals surface area contributed by atoms with Gasteiger partial charge in [-0.15, -0.1) is 0 Å². The summed E-state index contributed by atoms with van der Waals surface area (Å²) in [5.41, 5.74) is 1.62. The highest BCUT2D eigenvalue weighted by molar-refractivity contribution is 5.91. The first-order valence-electron chi connectivity index (χ1n) is 7.90. The summed E-state index contributed by atoms with van der Waals surface area (Å²) in [6.07, 6.45) is 1.51. The molecule has 1 aliphatic heterocycles. The maximum Gasteiger partial charge on any atom is 0.337 e. The summed E-state index contributed by atoms with van der Waals surface area (Å²) < 4.78 is 9.92. The fraction of sp³-hybridized carbons (Fsp3) is 0.333. The second-order valence-corrected chi connectivity index (χ2v) is 5.74. The molecule has 3 rings (SSSR count). The standard InChI is InChI=1S/C18H20N2O4/c1-23-18(22)15-5-2-4-14(12-15)13-19-7-9-20(10-8-19)17(21)16-6-3-11-24-16/h2-6,11-12H,7-10,13H2,1H3. The molecular formula is C18H20N2O4. The quantitative estimate of drug-likeness (QED) is 0.804. The highest BCUT2D eigenvalue weighted by Crippen LogP contribution is 2.13. The first kappa shape index (κ1) is 16.3. The Kier molecular flexibility index (Phi) is 4.96. The Morgan fingerprint density at radius 2 is 1.92 bits per heavy atom. The van der Waals surface area contributed by atoms with E-state index in [-0.39, 0.29) is 11.9 Å². The molecule has 126 valence electrons. The zero-order valence-corrected chi connectivity index (χ0v) is 13.6. The van der Waals surface area contributed by atoms with Crippen LogP contribution in [0.3, 0.4) is 0 Å². The fourth-order valence-corrected chi connectivity index (χ4v) is 2.84. The number of furan rings is 1. The van der Waals surface area contributed by atoms with Crippen molar-refractivity contribution in [3.63, 3.8) is 0 Å². The number of nitrogens with zero attached hydrogens (tertiary/aromatic N) is 2. The molecule has 1 aromatic carbocycles. The van der Waals surface area contributed by atoms with Gasteiger partial charge in [-0.1, -0.05) is 12.1 Å². The van der Waals surface area contributed by atoms with Crippen molar-refractivity contribution < 1.29 is 18.7 Å². The highest BCUT2D eigenvalue weighted by Gasteiger charge is 2.23. The van der Waals surface area contributed by atoms with Gasteiger partial charge in [0.2, 0.25) is 0 Å². The lowest BCUT2D eigenvalue weighted by molar-refractivity contribution is 0.0587. The van der Waals surface area contributed by atoms with Crippen LogP contribution < -0.4 is 0 Å². The molecule has 0 spiro atoms. The molecule has 2 aromatic rings. The predicted molar refractivity (Wildman–Crippen MR) is 87.7 cm³/mol. The molecule has 1 saturated heterocycles. The molecule has 0 atom stereocenters. The minimum absolute atomic E-state index is 0.0626. The lowest BCUT2D eigenvalue weighted by atomic mass is 10.1. The van der Waals surface area contributed by atoms with E-state index in [9.17, 15) is 9.59 Å². The molecule has 2 heterocycles. The van der Waals surface area contributed by atoms with Crippen LogP contribution in [0.2, 0.25) is 0 Å². The van der Waals surface area contributed by atoms with Crippen LogP contribution in [0.5, 0.6) is 0 Å². The number of benzene rings is 1. The van der Waals surface area contributed by atoms with E-state index in [0.29, 0.717) is 24.4 Å². The van der Waals surface area contributed by atoms with E-state index in [2.05, 4.69) is 4.90 Å². The normalized spacial score (nSPS) is 15.3. The van der Waals surface area contributed by atoms with Crippen molar-refractivity contribution in [1.29, 1.82) is 0 Å². The minimum Gasteiger partial charge on any atom is -0.465 e. The van der Waals surface area contributed by atoms with E-state index in [4.69, 9.17) is 9.15 Å². The van der Waals surface area contributed by atoms with Crippen LogP contribution in [0.15, 0.2) is 47.1 Å². The first-order chi connectivity index (χ1) is 11.7. The Morgan fingerprint density at radius 1 is 1.12 bits per heavy atom. The van der Waals surface area contributed by atoms with Gasteiger partial charge in [-0.3, -0.25) is 9.69 Å². The monoisotopic (exact) mass is 328 g/mol. The van der Waals surface area contributed by atoms with Crippen molar-refractivity contribution in [2.45, 2.75) is 6.54 Å². The van der Waals surface area contributed by atoms with Gasteiger partial charge < -0.3 is 14.1 Å². The van der Waals surface area contributed by atoms with Crippen LogP contribution in [-0.2, 0) is 11.3 Å². The summed E-state index contributed by atoms with van der Waals surface area (Å²) in [6, 6.07) is 10.9. The maximum atomic E-state index is 12.2. The van der Waals surface area contributed by atoms with Crippen LogP contribution in [0.25, 0.3) is 0 Å². The Bertz CT molecular complexity index is 704. The van der Waals surface area contributed by atoms with Crippen molar-refractivity contribution >= 4 is 11.9 Å². The van der Waals surface area contributed by atoms with Crippen molar-refractivity contribution in [3.8, 4) is 0 Å². The molecule has 1 amide bonds. The molecule has 0 N–H and O–H groups in total. The summed E-state index contributed by atoms with van der Waals surface area (Å²) >= 11 is 0. The fourth-order valence-electron chi connectivity index (χ4n) is 2.84. The van der Waals surface area contributed by atoms with Gasteiger partial charge in [0, 0.05) is 32.7 Å². The lowest BCUT2D eigenvalue weighted by Crippen LogP contribution is -2.48. The second-order valence-electron chi connectivity index (χ2n) is 5.74. The Morgan fingerprint density at radius 3 is 2.58 bits per heavy atom. The third-order valence-corrected chi connectivity index (χ3v) is 4.15. The maximum absolute atomic E-state index is 12.2. The minimum atomic E-state index is -0.328. The number of carbonyl (C=O) groups is 2.